The van der Waals surface area contributed by atoms with Crippen LogP contribution in [0.4, 0.5) is 13.2 Å². The van der Waals surface area contributed by atoms with E-state index in [-0.39, 0.29) is 17.6 Å². The number of halogens is 4. The first kappa shape index (κ1) is 15.5. The van der Waals surface area contributed by atoms with Crippen molar-refractivity contribution in [2.24, 2.45) is 0 Å². The lowest BCUT2D eigenvalue weighted by Gasteiger charge is -2.11. The smallest absolute Gasteiger partial charge is 0.439 e. The van der Waals surface area contributed by atoms with Gasteiger partial charge in [-0.1, -0.05) is 29.8 Å². The number of para-hydroxylation sites is 1. The highest BCUT2D eigenvalue weighted by Crippen LogP contribution is 2.31. The van der Waals surface area contributed by atoms with Gasteiger partial charge in [-0.15, -0.1) is 0 Å². The molecular formula is C13H10ClF3N2O2. The zero-order valence-electron chi connectivity index (χ0n) is 10.6. The van der Waals surface area contributed by atoms with E-state index >= 15 is 0 Å². The highest BCUT2D eigenvalue weighted by atomic mass is 35.5. The Morgan fingerprint density at radius 1 is 1.19 bits per heavy atom. The van der Waals surface area contributed by atoms with E-state index in [1.54, 1.807) is 24.3 Å². The van der Waals surface area contributed by atoms with Gasteiger partial charge in [0, 0.05) is 12.7 Å². The molecule has 0 saturated carbocycles. The van der Waals surface area contributed by atoms with E-state index in [9.17, 15) is 13.2 Å². The minimum Gasteiger partial charge on any atom is -0.439 e. The lowest BCUT2D eigenvalue weighted by atomic mass is 10.1. The van der Waals surface area contributed by atoms with Gasteiger partial charge in [-0.05, 0) is 18.1 Å². The van der Waals surface area contributed by atoms with E-state index in [0.717, 1.165) is 6.07 Å². The lowest BCUT2D eigenvalue weighted by Crippen LogP contribution is -2.11. The molecule has 1 aromatic carbocycles. The molecule has 21 heavy (non-hydrogen) atoms. The monoisotopic (exact) mass is 318 g/mol. The van der Waals surface area contributed by atoms with Crippen molar-refractivity contribution in [3.63, 3.8) is 0 Å². The first-order chi connectivity index (χ1) is 9.90. The minimum atomic E-state index is -4.71. The van der Waals surface area contributed by atoms with Gasteiger partial charge in [0.25, 0.3) is 0 Å². The van der Waals surface area contributed by atoms with Crippen molar-refractivity contribution < 1.29 is 23.0 Å². The van der Waals surface area contributed by atoms with Gasteiger partial charge in [0.1, 0.15) is 10.9 Å². The lowest BCUT2D eigenvalue weighted by molar-refractivity contribution is -0.145. The molecule has 8 heteroatoms. The SMILES string of the molecule is OCCc1ccccc1Oc1cc(Cl)nc(C(F)(F)F)n1. The van der Waals surface area contributed by atoms with E-state index in [1.165, 1.54) is 0 Å². The second-order valence-corrected chi connectivity index (χ2v) is 4.42. The predicted octanol–water partition coefficient (Wildman–Crippen LogP) is 3.48. The van der Waals surface area contributed by atoms with Crippen LogP contribution in [0.3, 0.4) is 0 Å². The van der Waals surface area contributed by atoms with E-state index in [2.05, 4.69) is 9.97 Å². The summed E-state index contributed by atoms with van der Waals surface area (Å²) in [5.41, 5.74) is 0.642. The van der Waals surface area contributed by atoms with Crippen LogP contribution in [-0.2, 0) is 12.6 Å². The maximum absolute atomic E-state index is 12.6. The van der Waals surface area contributed by atoms with E-state index in [1.807, 2.05) is 0 Å². The molecule has 0 spiro atoms. The first-order valence-corrected chi connectivity index (χ1v) is 6.26. The third-order valence-electron chi connectivity index (χ3n) is 2.49. The van der Waals surface area contributed by atoms with Gasteiger partial charge in [0.15, 0.2) is 0 Å². The number of rotatable bonds is 4. The third-order valence-corrected chi connectivity index (χ3v) is 2.69. The third kappa shape index (κ3) is 4.05. The maximum Gasteiger partial charge on any atom is 0.451 e. The van der Waals surface area contributed by atoms with Crippen LogP contribution >= 0.6 is 11.6 Å². The van der Waals surface area contributed by atoms with Gasteiger partial charge >= 0.3 is 6.18 Å². The second kappa shape index (κ2) is 6.28. The van der Waals surface area contributed by atoms with Crippen LogP contribution in [0.5, 0.6) is 11.6 Å². The number of benzene rings is 1. The molecule has 1 heterocycles. The van der Waals surface area contributed by atoms with Crippen molar-refractivity contribution in [2.45, 2.75) is 12.6 Å². The predicted molar refractivity (Wildman–Crippen MR) is 69.3 cm³/mol. The summed E-state index contributed by atoms with van der Waals surface area (Å²) in [6, 6.07) is 7.73. The standard InChI is InChI=1S/C13H10ClF3N2O2/c14-10-7-11(19-12(18-10)13(15,16)17)21-9-4-2-1-3-8(9)5-6-20/h1-4,7,20H,5-6H2. The maximum atomic E-state index is 12.6. The molecule has 0 amide bonds. The van der Waals surface area contributed by atoms with Crippen LogP contribution in [0.25, 0.3) is 0 Å². The molecule has 0 aliphatic heterocycles. The summed E-state index contributed by atoms with van der Waals surface area (Å²) in [4.78, 5) is 6.41. The van der Waals surface area contributed by atoms with Crippen molar-refractivity contribution in [1.82, 2.24) is 9.97 Å². The molecule has 1 N–H and O–H groups in total. The normalized spacial score (nSPS) is 11.5. The Hall–Kier alpha value is -1.86. The van der Waals surface area contributed by atoms with Crippen molar-refractivity contribution in [3.8, 4) is 11.6 Å². The average molecular weight is 319 g/mol. The zero-order valence-corrected chi connectivity index (χ0v) is 11.3. The molecule has 112 valence electrons. The summed E-state index contributed by atoms with van der Waals surface area (Å²) in [6.45, 7) is -0.112. The molecule has 0 bridgehead atoms. The van der Waals surface area contributed by atoms with Crippen LogP contribution in [0.2, 0.25) is 5.15 Å². The number of nitrogens with zero attached hydrogens (tertiary/aromatic N) is 2. The van der Waals surface area contributed by atoms with Crippen LogP contribution in [0.15, 0.2) is 30.3 Å². The zero-order chi connectivity index (χ0) is 15.5. The van der Waals surface area contributed by atoms with Crippen LogP contribution in [0, 0.1) is 0 Å². The van der Waals surface area contributed by atoms with E-state index in [0.29, 0.717) is 17.7 Å². The fourth-order valence-corrected chi connectivity index (χ4v) is 1.79. The molecule has 0 radical (unpaired) electrons. The minimum absolute atomic E-state index is 0.112. The van der Waals surface area contributed by atoms with Crippen LogP contribution in [0.1, 0.15) is 11.4 Å². The van der Waals surface area contributed by atoms with Crippen molar-refractivity contribution >= 4 is 11.6 Å². The molecule has 0 aliphatic rings. The molecule has 0 atom stereocenters. The fourth-order valence-electron chi connectivity index (χ4n) is 1.62. The quantitative estimate of drug-likeness (QED) is 0.877. The molecule has 0 fully saturated rings. The van der Waals surface area contributed by atoms with Gasteiger partial charge in [0.05, 0.1) is 0 Å². The van der Waals surface area contributed by atoms with Crippen molar-refractivity contribution in [2.75, 3.05) is 6.61 Å². The Kier molecular flexibility index (Phi) is 4.64. The van der Waals surface area contributed by atoms with Crippen molar-refractivity contribution in [3.05, 3.63) is 46.9 Å². The molecular weight excluding hydrogens is 309 g/mol. The van der Waals surface area contributed by atoms with Gasteiger partial charge < -0.3 is 9.84 Å². The Labute approximate surface area is 123 Å². The fraction of sp³-hybridized carbons (Fsp3) is 0.231. The summed E-state index contributed by atoms with van der Waals surface area (Å²) in [6.07, 6.45) is -4.41. The molecule has 4 nitrogen and oxygen atoms in total. The Morgan fingerprint density at radius 2 is 1.90 bits per heavy atom. The molecule has 2 rings (SSSR count). The van der Waals surface area contributed by atoms with Gasteiger partial charge in [-0.3, -0.25) is 0 Å². The highest BCUT2D eigenvalue weighted by Gasteiger charge is 2.35. The summed E-state index contributed by atoms with van der Waals surface area (Å²) < 4.78 is 43.2. The number of aliphatic hydroxyl groups excluding tert-OH is 1. The Balaban J connectivity index is 2.34. The van der Waals surface area contributed by atoms with Crippen LogP contribution in [-0.4, -0.2) is 21.7 Å². The number of hydrogen-bond acceptors (Lipinski definition) is 4. The number of aromatic nitrogens is 2. The molecule has 2 aromatic rings. The first-order valence-electron chi connectivity index (χ1n) is 5.88. The van der Waals surface area contributed by atoms with Gasteiger partial charge in [-0.25, -0.2) is 4.98 Å². The molecule has 1 aromatic heterocycles. The van der Waals surface area contributed by atoms with Crippen molar-refractivity contribution in [1.29, 1.82) is 0 Å². The van der Waals surface area contributed by atoms with E-state index in [4.69, 9.17) is 21.4 Å². The summed E-state index contributed by atoms with van der Waals surface area (Å²) in [5, 5.41) is 8.59. The largest absolute Gasteiger partial charge is 0.451 e. The number of ether oxygens (including phenoxy) is 1. The number of alkyl halides is 3. The average Bonchev–Trinajstić information content (AvgIpc) is 2.40. The topological polar surface area (TPSA) is 55.2 Å². The summed E-state index contributed by atoms with van der Waals surface area (Å²) >= 11 is 5.55. The molecule has 0 unspecified atom stereocenters. The van der Waals surface area contributed by atoms with Crippen LogP contribution < -0.4 is 4.74 Å². The summed E-state index contributed by atoms with van der Waals surface area (Å²) in [5.74, 6) is -1.38. The summed E-state index contributed by atoms with van der Waals surface area (Å²) in [7, 11) is 0. The molecule has 0 saturated heterocycles. The van der Waals surface area contributed by atoms with E-state index < -0.39 is 12.0 Å². The Morgan fingerprint density at radius 3 is 2.57 bits per heavy atom. The van der Waals surface area contributed by atoms with Gasteiger partial charge in [0.2, 0.25) is 11.7 Å². The van der Waals surface area contributed by atoms with Gasteiger partial charge in [-0.2, -0.15) is 18.2 Å². The Bertz CT molecular complexity index is 635. The molecule has 0 aliphatic carbocycles. The number of aliphatic hydroxyl groups is 1. The highest BCUT2D eigenvalue weighted by molar-refractivity contribution is 6.29. The second-order valence-electron chi connectivity index (χ2n) is 4.03. The number of hydrogen-bond donors (Lipinski definition) is 1.